The Hall–Kier alpha value is -3.04. The zero-order chi connectivity index (χ0) is 30.8. The predicted octanol–water partition coefficient (Wildman–Crippen LogP) is 2.92. The summed E-state index contributed by atoms with van der Waals surface area (Å²) in [6.07, 6.45) is -8.68. The van der Waals surface area contributed by atoms with Crippen LogP contribution in [0.4, 0.5) is 0 Å². The molecule has 2 aromatic carbocycles. The molecule has 6 rings (SSSR count). The van der Waals surface area contributed by atoms with Gasteiger partial charge in [0.15, 0.2) is 30.9 Å². The highest BCUT2D eigenvalue weighted by Gasteiger charge is 2.59. The highest BCUT2D eigenvalue weighted by molar-refractivity contribution is 7.99. The number of hydrogen-bond donors (Lipinski definition) is 0. The summed E-state index contributed by atoms with van der Waals surface area (Å²) in [5.74, 6) is -1.73. The molecular weight excluding hydrogens is 596 g/mol. The minimum Gasteiger partial charge on any atom is -0.456 e. The molecule has 4 heterocycles. The number of esters is 3. The third-order valence-corrected chi connectivity index (χ3v) is 8.75. The first-order valence-corrected chi connectivity index (χ1v) is 15.3. The van der Waals surface area contributed by atoms with Crippen LogP contribution in [-0.4, -0.2) is 91.7 Å². The normalized spacial score (nSPS) is 36.1. The maximum Gasteiger partial charge on any atom is 0.303 e. The van der Waals surface area contributed by atoms with Crippen LogP contribution >= 0.6 is 11.8 Å². The van der Waals surface area contributed by atoms with E-state index in [0.29, 0.717) is 0 Å². The average Bonchev–Trinajstić information content (AvgIpc) is 3.29. The minimum absolute atomic E-state index is 0.0883. The number of fused-ring (bicyclic) bond motifs is 3. The Labute approximate surface area is 258 Å². The average molecular weight is 631 g/mol. The lowest BCUT2D eigenvalue weighted by Gasteiger charge is -2.49. The van der Waals surface area contributed by atoms with E-state index < -0.39 is 84.8 Å². The second kappa shape index (κ2) is 13.5. The molecule has 0 spiro atoms. The monoisotopic (exact) mass is 630 g/mol. The van der Waals surface area contributed by atoms with Crippen molar-refractivity contribution in [1.29, 1.82) is 0 Å². The van der Waals surface area contributed by atoms with E-state index in [1.807, 2.05) is 60.7 Å². The molecule has 2 bridgehead atoms. The summed E-state index contributed by atoms with van der Waals surface area (Å²) in [4.78, 5) is 37.7. The van der Waals surface area contributed by atoms with Crippen molar-refractivity contribution >= 4 is 29.7 Å². The van der Waals surface area contributed by atoms with Gasteiger partial charge in [-0.2, -0.15) is 0 Å². The highest BCUT2D eigenvalue weighted by Crippen LogP contribution is 2.43. The van der Waals surface area contributed by atoms with Crippen LogP contribution in [-0.2, 0) is 57.0 Å². The van der Waals surface area contributed by atoms with Crippen LogP contribution in [0.1, 0.15) is 32.6 Å². The summed E-state index contributed by atoms with van der Waals surface area (Å²) in [5, 5.41) is 0. The van der Waals surface area contributed by atoms with Crippen molar-refractivity contribution in [1.82, 2.24) is 0 Å². The van der Waals surface area contributed by atoms with Crippen molar-refractivity contribution in [2.24, 2.45) is 0 Å². The molecule has 0 aliphatic carbocycles. The molecule has 4 fully saturated rings. The van der Waals surface area contributed by atoms with E-state index in [1.54, 1.807) is 0 Å². The van der Waals surface area contributed by atoms with E-state index >= 15 is 0 Å². The smallest absolute Gasteiger partial charge is 0.303 e. The van der Waals surface area contributed by atoms with E-state index in [2.05, 4.69) is 0 Å². The Bertz CT molecular complexity index is 1310. The molecule has 0 saturated carbocycles. The molecule has 236 valence electrons. The Morgan fingerprint density at radius 3 is 1.95 bits per heavy atom. The number of ether oxygens (including phenoxy) is 9. The quantitative estimate of drug-likeness (QED) is 0.313. The van der Waals surface area contributed by atoms with Gasteiger partial charge in [0, 0.05) is 31.2 Å². The summed E-state index contributed by atoms with van der Waals surface area (Å²) in [7, 11) is 0. The third kappa shape index (κ3) is 6.79. The van der Waals surface area contributed by atoms with Crippen LogP contribution in [0.5, 0.6) is 0 Å². The highest BCUT2D eigenvalue weighted by atomic mass is 32.2. The maximum absolute atomic E-state index is 12.3. The molecule has 0 amide bonds. The van der Waals surface area contributed by atoms with Gasteiger partial charge in [0.05, 0.1) is 13.2 Å². The van der Waals surface area contributed by atoms with E-state index in [4.69, 9.17) is 42.6 Å². The van der Waals surface area contributed by atoms with Gasteiger partial charge in [-0.3, -0.25) is 14.4 Å². The van der Waals surface area contributed by atoms with Crippen LogP contribution in [0.2, 0.25) is 0 Å². The van der Waals surface area contributed by atoms with Gasteiger partial charge in [-0.1, -0.05) is 60.3 Å². The third-order valence-electron chi connectivity index (χ3n) is 7.59. The van der Waals surface area contributed by atoms with E-state index in [-0.39, 0.29) is 13.2 Å². The van der Waals surface area contributed by atoms with E-state index in [0.717, 1.165) is 10.5 Å². The first kappa shape index (κ1) is 31.0. The number of hydrogen-bond acceptors (Lipinski definition) is 13. The topological polar surface area (TPSA) is 134 Å². The zero-order valence-electron chi connectivity index (χ0n) is 24.3. The van der Waals surface area contributed by atoms with Gasteiger partial charge >= 0.3 is 17.9 Å². The molecule has 11 atom stereocenters. The van der Waals surface area contributed by atoms with Gasteiger partial charge in [0.25, 0.3) is 0 Å². The van der Waals surface area contributed by atoms with Crippen LogP contribution in [0, 0.1) is 0 Å². The van der Waals surface area contributed by atoms with Crippen molar-refractivity contribution in [3.8, 4) is 0 Å². The fourth-order valence-corrected chi connectivity index (χ4v) is 6.98. The zero-order valence-corrected chi connectivity index (χ0v) is 25.2. The Morgan fingerprint density at radius 2 is 1.27 bits per heavy atom. The number of carbonyl (C=O) groups is 3. The van der Waals surface area contributed by atoms with Gasteiger partial charge < -0.3 is 42.6 Å². The molecule has 4 saturated heterocycles. The summed E-state index contributed by atoms with van der Waals surface area (Å²) < 4.78 is 54.5. The summed E-state index contributed by atoms with van der Waals surface area (Å²) in [6.45, 7) is 4.08. The van der Waals surface area contributed by atoms with Gasteiger partial charge in [0.2, 0.25) is 0 Å². The molecule has 2 aromatic rings. The molecule has 0 radical (unpaired) electrons. The summed E-state index contributed by atoms with van der Waals surface area (Å²) in [5.41, 5.74) is 0.200. The van der Waals surface area contributed by atoms with E-state index in [1.165, 1.54) is 32.5 Å². The molecular formula is C31H34O12S. The van der Waals surface area contributed by atoms with Crippen molar-refractivity contribution in [3.05, 3.63) is 66.2 Å². The summed E-state index contributed by atoms with van der Waals surface area (Å²) >= 11 is 1.41. The standard InChI is InChI=1S/C31H34O12S/c1-16(32)37-26-24-21(15-36-29(42-24)19-10-6-4-7-11-19)40-30(27(26)38-17(2)33)43-23-22-14-35-25(23)28(39-18(3)34)31(41-22)44-20-12-8-5-9-13-20/h4-13,21-31H,14-15H2,1-3H3/t21-,22-,23-,24-,25+,26+,27-,28-,29-,30+,31+/m1/s1. The van der Waals surface area contributed by atoms with Crippen molar-refractivity contribution in [2.75, 3.05) is 13.2 Å². The minimum atomic E-state index is -1.22. The van der Waals surface area contributed by atoms with Crippen LogP contribution in [0.3, 0.4) is 0 Å². The second-order valence-electron chi connectivity index (χ2n) is 10.8. The first-order chi connectivity index (χ1) is 21.3. The van der Waals surface area contributed by atoms with Crippen molar-refractivity contribution < 1.29 is 57.0 Å². The van der Waals surface area contributed by atoms with Crippen molar-refractivity contribution in [2.45, 2.75) is 92.5 Å². The number of benzene rings is 2. The largest absolute Gasteiger partial charge is 0.456 e. The Balaban J connectivity index is 1.25. The molecule has 13 heteroatoms. The second-order valence-corrected chi connectivity index (χ2v) is 12.0. The van der Waals surface area contributed by atoms with E-state index in [9.17, 15) is 14.4 Å². The Morgan fingerprint density at radius 1 is 0.659 bits per heavy atom. The number of carbonyl (C=O) groups excluding carboxylic acids is 3. The fraction of sp³-hybridized carbons (Fsp3) is 0.516. The van der Waals surface area contributed by atoms with Crippen LogP contribution in [0.25, 0.3) is 0 Å². The van der Waals surface area contributed by atoms with Crippen LogP contribution < -0.4 is 0 Å². The molecule has 4 aliphatic heterocycles. The molecule has 4 aliphatic rings. The molecule has 0 N–H and O–H groups in total. The van der Waals surface area contributed by atoms with Gasteiger partial charge in [-0.15, -0.1) is 0 Å². The molecule has 0 aromatic heterocycles. The molecule has 44 heavy (non-hydrogen) atoms. The SMILES string of the molecule is CC(=O)O[C@@H]1[C@@H](OC(C)=O)[C@H](O[C@H]2[C@@H]3OC[C@H]2O[C@@H](Sc2ccccc2)[C@@H]3OC(C)=O)O[C@@H]2CO[C@@H](c3ccccc3)O[C@@H]12. The molecule has 0 unspecified atom stereocenters. The van der Waals surface area contributed by atoms with Gasteiger partial charge in [-0.25, -0.2) is 0 Å². The lowest BCUT2D eigenvalue weighted by Crippen LogP contribution is -2.66. The molecule has 12 nitrogen and oxygen atoms in total. The first-order valence-electron chi connectivity index (χ1n) is 14.4. The number of rotatable bonds is 8. The lowest BCUT2D eigenvalue weighted by molar-refractivity contribution is -0.373. The van der Waals surface area contributed by atoms with Crippen molar-refractivity contribution in [3.63, 3.8) is 0 Å². The maximum atomic E-state index is 12.3. The van der Waals surface area contributed by atoms with Gasteiger partial charge in [-0.05, 0) is 12.1 Å². The fourth-order valence-electron chi connectivity index (χ4n) is 5.85. The van der Waals surface area contributed by atoms with Crippen LogP contribution in [0.15, 0.2) is 65.6 Å². The van der Waals surface area contributed by atoms with Gasteiger partial charge in [0.1, 0.15) is 36.0 Å². The Kier molecular flexibility index (Phi) is 9.52. The lowest BCUT2D eigenvalue weighted by atomic mass is 9.96. The number of thioether (sulfide) groups is 1. The predicted molar refractivity (Wildman–Crippen MR) is 151 cm³/mol. The summed E-state index contributed by atoms with van der Waals surface area (Å²) in [6, 6.07) is 18.9.